The maximum atomic E-state index is 4.43. The molecule has 3 aromatic rings. The van der Waals surface area contributed by atoms with Gasteiger partial charge >= 0.3 is 0 Å². The average Bonchev–Trinajstić information content (AvgIpc) is 2.96. The molecule has 0 aliphatic rings. The molecule has 3 nitrogen and oxygen atoms in total. The third-order valence-corrected chi connectivity index (χ3v) is 3.41. The minimum atomic E-state index is 0.793. The summed E-state index contributed by atoms with van der Waals surface area (Å²) in [5.41, 5.74) is 2.25. The zero-order valence-electron chi connectivity index (χ0n) is 11.7. The summed E-state index contributed by atoms with van der Waals surface area (Å²) >= 11 is 0. The highest BCUT2D eigenvalue weighted by atomic mass is 15.0. The SMILES string of the molecule is CCCNCc1ncc(-c2ccc3ccccc3c2)[nH]1. The topological polar surface area (TPSA) is 40.7 Å². The number of imidazole rings is 1. The zero-order valence-corrected chi connectivity index (χ0v) is 11.7. The maximum Gasteiger partial charge on any atom is 0.120 e. The van der Waals surface area contributed by atoms with Gasteiger partial charge in [0.05, 0.1) is 18.4 Å². The highest BCUT2D eigenvalue weighted by molar-refractivity contribution is 5.86. The molecule has 1 aromatic heterocycles. The first-order valence-corrected chi connectivity index (χ1v) is 7.10. The Morgan fingerprint density at radius 3 is 2.80 bits per heavy atom. The van der Waals surface area contributed by atoms with E-state index in [-0.39, 0.29) is 0 Å². The van der Waals surface area contributed by atoms with E-state index in [9.17, 15) is 0 Å². The van der Waals surface area contributed by atoms with E-state index in [0.29, 0.717) is 0 Å². The fourth-order valence-electron chi connectivity index (χ4n) is 2.34. The standard InChI is InChI=1S/C17H19N3/c1-2-9-18-12-17-19-11-16(20-17)15-8-7-13-5-3-4-6-14(13)10-15/h3-8,10-11,18H,2,9,12H2,1H3,(H,19,20). The van der Waals surface area contributed by atoms with Gasteiger partial charge in [0.2, 0.25) is 0 Å². The number of aromatic amines is 1. The summed E-state index contributed by atoms with van der Waals surface area (Å²) in [7, 11) is 0. The number of nitrogens with zero attached hydrogens (tertiary/aromatic N) is 1. The van der Waals surface area contributed by atoms with Crippen molar-refractivity contribution in [2.75, 3.05) is 6.54 Å². The Labute approximate surface area is 119 Å². The molecule has 0 atom stereocenters. The third kappa shape index (κ3) is 2.73. The number of benzene rings is 2. The highest BCUT2D eigenvalue weighted by Gasteiger charge is 2.04. The molecule has 0 saturated carbocycles. The van der Waals surface area contributed by atoms with Crippen molar-refractivity contribution in [3.8, 4) is 11.3 Å². The quantitative estimate of drug-likeness (QED) is 0.690. The van der Waals surface area contributed by atoms with E-state index < -0.39 is 0 Å². The van der Waals surface area contributed by atoms with Crippen LogP contribution in [0.25, 0.3) is 22.0 Å². The van der Waals surface area contributed by atoms with Gasteiger partial charge in [-0.1, -0.05) is 43.3 Å². The van der Waals surface area contributed by atoms with Gasteiger partial charge in [0.1, 0.15) is 5.82 Å². The first-order valence-electron chi connectivity index (χ1n) is 7.10. The van der Waals surface area contributed by atoms with Gasteiger partial charge in [-0.15, -0.1) is 0 Å². The van der Waals surface area contributed by atoms with Gasteiger partial charge in [0, 0.05) is 5.56 Å². The zero-order chi connectivity index (χ0) is 13.8. The van der Waals surface area contributed by atoms with Crippen molar-refractivity contribution in [3.05, 3.63) is 54.5 Å². The van der Waals surface area contributed by atoms with Crippen molar-refractivity contribution in [2.24, 2.45) is 0 Å². The van der Waals surface area contributed by atoms with Gasteiger partial charge in [0.25, 0.3) is 0 Å². The molecule has 0 aliphatic carbocycles. The molecule has 0 bridgehead atoms. The van der Waals surface area contributed by atoms with Crippen molar-refractivity contribution in [2.45, 2.75) is 19.9 Å². The lowest BCUT2D eigenvalue weighted by Crippen LogP contribution is -2.14. The predicted octanol–water partition coefficient (Wildman–Crippen LogP) is 3.73. The molecule has 3 heteroatoms. The second kappa shape index (κ2) is 5.88. The molecule has 1 heterocycles. The Kier molecular flexibility index (Phi) is 3.79. The smallest absolute Gasteiger partial charge is 0.120 e. The molecular formula is C17H19N3. The molecule has 0 saturated heterocycles. The number of rotatable bonds is 5. The molecule has 0 radical (unpaired) electrons. The van der Waals surface area contributed by atoms with Gasteiger partial charge in [-0.3, -0.25) is 0 Å². The summed E-state index contributed by atoms with van der Waals surface area (Å²) < 4.78 is 0. The van der Waals surface area contributed by atoms with Crippen LogP contribution in [0.4, 0.5) is 0 Å². The summed E-state index contributed by atoms with van der Waals surface area (Å²) in [6.45, 7) is 3.98. The van der Waals surface area contributed by atoms with Gasteiger partial charge in [-0.25, -0.2) is 4.98 Å². The van der Waals surface area contributed by atoms with Crippen LogP contribution in [0.5, 0.6) is 0 Å². The largest absolute Gasteiger partial charge is 0.341 e. The lowest BCUT2D eigenvalue weighted by molar-refractivity contribution is 0.655. The second-order valence-corrected chi connectivity index (χ2v) is 4.98. The number of nitrogens with one attached hydrogen (secondary N) is 2. The van der Waals surface area contributed by atoms with Crippen molar-refractivity contribution < 1.29 is 0 Å². The Morgan fingerprint density at radius 1 is 1.10 bits per heavy atom. The molecule has 2 N–H and O–H groups in total. The first kappa shape index (κ1) is 12.9. The molecule has 0 fully saturated rings. The fourth-order valence-corrected chi connectivity index (χ4v) is 2.34. The minimum Gasteiger partial charge on any atom is -0.341 e. The molecule has 2 aromatic carbocycles. The van der Waals surface area contributed by atoms with Gasteiger partial charge in [-0.05, 0) is 29.8 Å². The molecule has 0 amide bonds. The summed E-state index contributed by atoms with van der Waals surface area (Å²) in [5, 5.41) is 5.87. The second-order valence-electron chi connectivity index (χ2n) is 4.98. The van der Waals surface area contributed by atoms with Crippen LogP contribution in [0.3, 0.4) is 0 Å². The number of hydrogen-bond donors (Lipinski definition) is 2. The molecule has 20 heavy (non-hydrogen) atoms. The molecular weight excluding hydrogens is 246 g/mol. The van der Waals surface area contributed by atoms with Crippen LogP contribution in [0, 0.1) is 0 Å². The van der Waals surface area contributed by atoms with E-state index >= 15 is 0 Å². The van der Waals surface area contributed by atoms with Crippen LogP contribution >= 0.6 is 0 Å². The maximum absolute atomic E-state index is 4.43. The van der Waals surface area contributed by atoms with E-state index in [1.807, 2.05) is 6.20 Å². The number of hydrogen-bond acceptors (Lipinski definition) is 2. The molecule has 3 rings (SSSR count). The van der Waals surface area contributed by atoms with Gasteiger partial charge < -0.3 is 10.3 Å². The first-order chi connectivity index (χ1) is 9.86. The van der Waals surface area contributed by atoms with Crippen LogP contribution < -0.4 is 5.32 Å². The Hall–Kier alpha value is -2.13. The average molecular weight is 265 g/mol. The van der Waals surface area contributed by atoms with Gasteiger partial charge in [0.15, 0.2) is 0 Å². The lowest BCUT2D eigenvalue weighted by Gasteiger charge is -2.02. The monoisotopic (exact) mass is 265 g/mol. The van der Waals surface area contributed by atoms with E-state index in [4.69, 9.17) is 0 Å². The normalized spacial score (nSPS) is 11.1. The third-order valence-electron chi connectivity index (χ3n) is 3.41. The van der Waals surface area contributed by atoms with Crippen molar-refractivity contribution in [1.82, 2.24) is 15.3 Å². The van der Waals surface area contributed by atoms with E-state index in [1.165, 1.54) is 16.3 Å². The summed E-state index contributed by atoms with van der Waals surface area (Å²) in [6, 6.07) is 14.9. The van der Waals surface area contributed by atoms with Gasteiger partial charge in [-0.2, -0.15) is 0 Å². The summed E-state index contributed by atoms with van der Waals surface area (Å²) in [4.78, 5) is 7.81. The molecule has 0 unspecified atom stereocenters. The van der Waals surface area contributed by atoms with Crippen LogP contribution in [-0.2, 0) is 6.54 Å². The predicted molar refractivity (Wildman–Crippen MR) is 83.5 cm³/mol. The Bertz CT molecular complexity index is 700. The summed E-state index contributed by atoms with van der Waals surface area (Å²) in [6.07, 6.45) is 3.05. The Morgan fingerprint density at radius 2 is 1.95 bits per heavy atom. The number of aromatic nitrogens is 2. The van der Waals surface area contributed by atoms with E-state index in [1.54, 1.807) is 0 Å². The molecule has 0 spiro atoms. The van der Waals surface area contributed by atoms with Crippen molar-refractivity contribution >= 4 is 10.8 Å². The fraction of sp³-hybridized carbons (Fsp3) is 0.235. The van der Waals surface area contributed by atoms with E-state index in [0.717, 1.165) is 31.0 Å². The number of fused-ring (bicyclic) bond motifs is 1. The Balaban J connectivity index is 1.83. The van der Waals surface area contributed by atoms with Crippen molar-refractivity contribution in [1.29, 1.82) is 0 Å². The van der Waals surface area contributed by atoms with Crippen LogP contribution in [0.1, 0.15) is 19.2 Å². The minimum absolute atomic E-state index is 0.793. The van der Waals surface area contributed by atoms with E-state index in [2.05, 4.69) is 64.7 Å². The molecule has 0 aliphatic heterocycles. The lowest BCUT2D eigenvalue weighted by atomic mass is 10.1. The van der Waals surface area contributed by atoms with Crippen LogP contribution in [0.2, 0.25) is 0 Å². The summed E-state index contributed by atoms with van der Waals surface area (Å²) in [5.74, 6) is 0.988. The van der Waals surface area contributed by atoms with Crippen molar-refractivity contribution in [3.63, 3.8) is 0 Å². The molecule has 102 valence electrons. The number of H-pyrrole nitrogens is 1. The highest BCUT2D eigenvalue weighted by Crippen LogP contribution is 2.23. The van der Waals surface area contributed by atoms with Crippen LogP contribution in [-0.4, -0.2) is 16.5 Å². The van der Waals surface area contributed by atoms with Crippen LogP contribution in [0.15, 0.2) is 48.7 Å².